The zero-order chi connectivity index (χ0) is 14.8. The minimum absolute atomic E-state index is 0.132. The summed E-state index contributed by atoms with van der Waals surface area (Å²) in [4.78, 5) is 23.2. The average Bonchev–Trinajstić information content (AvgIpc) is 2.52. The summed E-state index contributed by atoms with van der Waals surface area (Å²) >= 11 is 5.88. The number of rotatable bonds is 3. The highest BCUT2D eigenvalue weighted by Gasteiger charge is 2.15. The molecular weight excluding hydrogens is 288 g/mol. The van der Waals surface area contributed by atoms with Gasteiger partial charge in [-0.05, 0) is 23.8 Å². The lowest BCUT2D eigenvalue weighted by Gasteiger charge is -2.05. The van der Waals surface area contributed by atoms with Gasteiger partial charge >= 0.3 is 5.56 Å². The van der Waals surface area contributed by atoms with Crippen molar-refractivity contribution in [3.05, 3.63) is 81.4 Å². The van der Waals surface area contributed by atoms with Crippen molar-refractivity contribution in [3.63, 3.8) is 0 Å². The highest BCUT2D eigenvalue weighted by Crippen LogP contribution is 2.09. The number of benzene rings is 1. The molecule has 0 aliphatic carbocycles. The van der Waals surface area contributed by atoms with Crippen LogP contribution < -0.4 is 10.1 Å². The van der Waals surface area contributed by atoms with Crippen molar-refractivity contribution in [2.75, 3.05) is 0 Å². The number of carbonyl (C=O) groups is 1. The van der Waals surface area contributed by atoms with Gasteiger partial charge in [-0.25, -0.2) is 9.36 Å². The zero-order valence-electron chi connectivity index (χ0n) is 11.1. The average molecular weight is 300 g/mol. The van der Waals surface area contributed by atoms with Crippen LogP contribution in [0.5, 0.6) is 0 Å². The van der Waals surface area contributed by atoms with Gasteiger partial charge in [0.1, 0.15) is 18.3 Å². The first-order chi connectivity index (χ1) is 10.2. The third kappa shape index (κ3) is 2.58. The summed E-state index contributed by atoms with van der Waals surface area (Å²) in [6, 6.07) is 12.9. The lowest BCUT2D eigenvalue weighted by Crippen LogP contribution is -2.41. The Morgan fingerprint density at radius 2 is 1.90 bits per heavy atom. The van der Waals surface area contributed by atoms with Gasteiger partial charge in [-0.3, -0.25) is 4.79 Å². The van der Waals surface area contributed by atoms with E-state index in [0.717, 1.165) is 11.2 Å². The molecule has 0 fully saturated rings. The smallest absolute Gasteiger partial charge is 0.297 e. The van der Waals surface area contributed by atoms with Gasteiger partial charge in [0.05, 0.1) is 6.20 Å². The summed E-state index contributed by atoms with van der Waals surface area (Å²) in [6.45, 7) is 0.547. The van der Waals surface area contributed by atoms with Gasteiger partial charge < -0.3 is 0 Å². The summed E-state index contributed by atoms with van der Waals surface area (Å²) in [6.07, 6.45) is 3.82. The van der Waals surface area contributed by atoms with E-state index in [4.69, 9.17) is 11.6 Å². The molecule has 4 nitrogen and oxygen atoms in total. The lowest BCUT2D eigenvalue weighted by molar-refractivity contribution is -0.666. The Bertz CT molecular complexity index is 870. The number of hydrogen-bond acceptors (Lipinski definition) is 2. The molecule has 0 saturated carbocycles. The van der Waals surface area contributed by atoms with Crippen LogP contribution in [0.3, 0.4) is 0 Å². The summed E-state index contributed by atoms with van der Waals surface area (Å²) in [7, 11) is 0. The van der Waals surface area contributed by atoms with E-state index in [1.807, 2.05) is 41.0 Å². The number of nitrogens with zero attached hydrogens (tertiary/aromatic N) is 2. The van der Waals surface area contributed by atoms with Gasteiger partial charge in [0.25, 0.3) is 5.65 Å². The third-order valence-electron chi connectivity index (χ3n) is 3.29. The molecule has 0 amide bonds. The number of aldehydes is 1. The highest BCUT2D eigenvalue weighted by molar-refractivity contribution is 6.30. The number of fused-ring (bicyclic) bond motifs is 1. The maximum Gasteiger partial charge on any atom is 0.352 e. The van der Waals surface area contributed by atoms with E-state index in [9.17, 15) is 9.59 Å². The van der Waals surface area contributed by atoms with E-state index in [1.54, 1.807) is 18.5 Å². The van der Waals surface area contributed by atoms with Crippen molar-refractivity contribution in [2.45, 2.75) is 6.54 Å². The first-order valence-electron chi connectivity index (χ1n) is 6.42. The van der Waals surface area contributed by atoms with Gasteiger partial charge in [0.15, 0.2) is 6.29 Å². The summed E-state index contributed by atoms with van der Waals surface area (Å²) in [5.41, 5.74) is 1.58. The van der Waals surface area contributed by atoms with Crippen LogP contribution in [0, 0.1) is 0 Å². The summed E-state index contributed by atoms with van der Waals surface area (Å²) in [5.74, 6) is 0. The van der Waals surface area contributed by atoms with Crippen LogP contribution in [0.4, 0.5) is 0 Å². The third-order valence-corrected chi connectivity index (χ3v) is 3.54. The maximum absolute atomic E-state index is 12.1. The maximum atomic E-state index is 12.1. The molecule has 0 aliphatic heterocycles. The van der Waals surface area contributed by atoms with Crippen molar-refractivity contribution in [1.82, 2.24) is 4.40 Å². The highest BCUT2D eigenvalue weighted by atomic mass is 35.5. The molecule has 3 rings (SSSR count). The molecule has 104 valence electrons. The molecule has 0 aliphatic rings. The fraction of sp³-hybridized carbons (Fsp3) is 0.0625. The Morgan fingerprint density at radius 3 is 2.62 bits per heavy atom. The Morgan fingerprint density at radius 1 is 1.14 bits per heavy atom. The first-order valence-corrected chi connectivity index (χ1v) is 6.80. The van der Waals surface area contributed by atoms with Gasteiger partial charge in [-0.1, -0.05) is 29.8 Å². The van der Waals surface area contributed by atoms with Gasteiger partial charge in [0, 0.05) is 11.1 Å². The fourth-order valence-corrected chi connectivity index (χ4v) is 2.39. The van der Waals surface area contributed by atoms with E-state index >= 15 is 0 Å². The number of pyridine rings is 1. The van der Waals surface area contributed by atoms with E-state index in [2.05, 4.69) is 0 Å². The zero-order valence-corrected chi connectivity index (χ0v) is 11.8. The van der Waals surface area contributed by atoms with Crippen molar-refractivity contribution >= 4 is 23.5 Å². The van der Waals surface area contributed by atoms with Gasteiger partial charge in [0.2, 0.25) is 0 Å². The van der Waals surface area contributed by atoms with Crippen LogP contribution in [0.1, 0.15) is 15.9 Å². The molecule has 0 unspecified atom stereocenters. The molecule has 5 heteroatoms. The quantitative estimate of drug-likeness (QED) is 0.549. The number of aromatic nitrogens is 2. The minimum Gasteiger partial charge on any atom is -0.297 e. The summed E-state index contributed by atoms with van der Waals surface area (Å²) in [5, 5.41) is 0.673. The van der Waals surface area contributed by atoms with Crippen LogP contribution in [-0.2, 0) is 6.54 Å². The number of hydrogen-bond donors (Lipinski definition) is 0. The van der Waals surface area contributed by atoms with Crippen LogP contribution in [0.2, 0.25) is 5.02 Å². The van der Waals surface area contributed by atoms with Gasteiger partial charge in [-0.15, -0.1) is 0 Å². The largest absolute Gasteiger partial charge is 0.352 e. The van der Waals surface area contributed by atoms with Crippen molar-refractivity contribution in [2.24, 2.45) is 0 Å². The molecule has 2 heterocycles. The normalized spacial score (nSPS) is 10.7. The SMILES string of the molecule is O=Cc1c[n+](Cc2ccc(Cl)cc2)c2ccccn2c1=O. The number of carbonyl (C=O) groups excluding carboxylic acids is 1. The Labute approximate surface area is 125 Å². The Kier molecular flexibility index (Phi) is 3.54. The van der Waals surface area contributed by atoms with Crippen molar-refractivity contribution in [1.29, 1.82) is 0 Å². The van der Waals surface area contributed by atoms with Gasteiger partial charge in [-0.2, -0.15) is 4.40 Å². The molecule has 0 saturated heterocycles. The second-order valence-electron chi connectivity index (χ2n) is 4.69. The van der Waals surface area contributed by atoms with Crippen LogP contribution in [-0.4, -0.2) is 10.7 Å². The monoisotopic (exact) mass is 299 g/mol. The van der Waals surface area contributed by atoms with Crippen molar-refractivity contribution in [3.8, 4) is 0 Å². The van der Waals surface area contributed by atoms with Crippen LogP contribution in [0.15, 0.2) is 59.7 Å². The summed E-state index contributed by atoms with van der Waals surface area (Å²) < 4.78 is 3.34. The fourth-order valence-electron chi connectivity index (χ4n) is 2.26. The molecule has 0 bridgehead atoms. The molecule has 2 aromatic heterocycles. The molecule has 0 atom stereocenters. The number of halogens is 1. The predicted molar refractivity (Wildman–Crippen MR) is 79.8 cm³/mol. The lowest BCUT2D eigenvalue weighted by atomic mass is 10.2. The van der Waals surface area contributed by atoms with Crippen molar-refractivity contribution < 1.29 is 9.36 Å². The molecule has 0 N–H and O–H groups in total. The van der Waals surface area contributed by atoms with Crippen LogP contribution in [0.25, 0.3) is 5.65 Å². The predicted octanol–water partition coefficient (Wildman–Crippen LogP) is 2.10. The molecule has 21 heavy (non-hydrogen) atoms. The van der Waals surface area contributed by atoms with E-state index in [1.165, 1.54) is 4.40 Å². The standard InChI is InChI=1S/C16H12ClN2O2/c17-14-6-4-12(5-7-14)9-18-10-13(11-20)16(21)19-8-2-1-3-15(18)19/h1-8,10-11H,9H2/q+1. The Balaban J connectivity index is 2.17. The molecule has 1 aromatic carbocycles. The second kappa shape index (κ2) is 5.50. The van der Waals surface area contributed by atoms with E-state index < -0.39 is 0 Å². The molecule has 3 aromatic rings. The first kappa shape index (κ1) is 13.5. The molecule has 0 spiro atoms. The topological polar surface area (TPSA) is 42.4 Å². The second-order valence-corrected chi connectivity index (χ2v) is 5.13. The Hall–Kier alpha value is -2.46. The van der Waals surface area contributed by atoms with Crippen LogP contribution >= 0.6 is 11.6 Å². The molecule has 0 radical (unpaired) electrons. The van der Waals surface area contributed by atoms with E-state index in [-0.39, 0.29) is 11.1 Å². The molecular formula is C16H12ClN2O2+. The van der Waals surface area contributed by atoms with E-state index in [0.29, 0.717) is 17.9 Å². The minimum atomic E-state index is -0.312.